The van der Waals surface area contributed by atoms with Crippen LogP contribution in [0.5, 0.6) is 5.75 Å². The molecule has 0 atom stereocenters. The Labute approximate surface area is 151 Å². The third kappa shape index (κ3) is 4.04. The predicted octanol–water partition coefficient (Wildman–Crippen LogP) is 5.44. The van der Waals surface area contributed by atoms with Crippen molar-refractivity contribution in [3.63, 3.8) is 0 Å². The molecule has 3 rings (SSSR count). The van der Waals surface area contributed by atoms with Gasteiger partial charge >= 0.3 is 0 Å². The minimum Gasteiger partial charge on any atom is -0.497 e. The molecule has 3 aromatic rings. The summed E-state index contributed by atoms with van der Waals surface area (Å²) in [6, 6.07) is 14.4. The number of thioether (sulfide) groups is 1. The first-order valence-corrected chi connectivity index (χ1v) is 9.18. The molecule has 0 aliphatic carbocycles. The van der Waals surface area contributed by atoms with E-state index in [0.29, 0.717) is 5.92 Å². The smallest absolute Gasteiger partial charge is 0.173 e. The van der Waals surface area contributed by atoms with E-state index in [0.717, 1.165) is 33.6 Å². The Hall–Kier alpha value is -2.27. The van der Waals surface area contributed by atoms with E-state index in [1.54, 1.807) is 31.0 Å². The van der Waals surface area contributed by atoms with E-state index in [2.05, 4.69) is 23.4 Å². The Balaban J connectivity index is 2.06. The van der Waals surface area contributed by atoms with Gasteiger partial charge in [-0.25, -0.2) is 9.37 Å². The SMILES string of the molecule is COc1ccc(-c2cnc(SCC(C)C)n2-c2ccc(F)cc2)cc1. The van der Waals surface area contributed by atoms with Gasteiger partial charge in [0.2, 0.25) is 0 Å². The Morgan fingerprint density at radius 1 is 1.08 bits per heavy atom. The second-order valence-electron chi connectivity index (χ2n) is 6.17. The van der Waals surface area contributed by atoms with E-state index in [1.165, 1.54) is 12.1 Å². The van der Waals surface area contributed by atoms with Crippen molar-refractivity contribution in [2.45, 2.75) is 19.0 Å². The van der Waals surface area contributed by atoms with Crippen LogP contribution >= 0.6 is 11.8 Å². The van der Waals surface area contributed by atoms with Gasteiger partial charge in [-0.15, -0.1) is 0 Å². The minimum absolute atomic E-state index is 0.244. The molecule has 130 valence electrons. The molecule has 0 fully saturated rings. The molecule has 3 nitrogen and oxygen atoms in total. The average molecular weight is 356 g/mol. The summed E-state index contributed by atoms with van der Waals surface area (Å²) < 4.78 is 20.7. The molecule has 0 aliphatic rings. The lowest BCUT2D eigenvalue weighted by molar-refractivity contribution is 0.415. The number of methoxy groups -OCH3 is 1. The first-order chi connectivity index (χ1) is 12.1. The van der Waals surface area contributed by atoms with Gasteiger partial charge in [-0.2, -0.15) is 0 Å². The summed E-state index contributed by atoms with van der Waals surface area (Å²) in [5, 5.41) is 0.908. The van der Waals surface area contributed by atoms with Crippen molar-refractivity contribution in [3.05, 3.63) is 60.5 Å². The third-order valence-corrected chi connectivity index (χ3v) is 5.13. The van der Waals surface area contributed by atoms with Crippen LogP contribution in [0.1, 0.15) is 13.8 Å². The molecule has 5 heteroatoms. The summed E-state index contributed by atoms with van der Waals surface area (Å²) in [5.41, 5.74) is 2.91. The van der Waals surface area contributed by atoms with Gasteiger partial charge in [0, 0.05) is 17.0 Å². The molecule has 0 unspecified atom stereocenters. The highest BCUT2D eigenvalue weighted by molar-refractivity contribution is 7.99. The zero-order valence-corrected chi connectivity index (χ0v) is 15.4. The Morgan fingerprint density at radius 3 is 2.36 bits per heavy atom. The van der Waals surface area contributed by atoms with Crippen LogP contribution < -0.4 is 4.74 Å². The molecule has 0 bridgehead atoms. The third-order valence-electron chi connectivity index (χ3n) is 3.75. The maximum Gasteiger partial charge on any atom is 0.173 e. The van der Waals surface area contributed by atoms with E-state index in [4.69, 9.17) is 4.74 Å². The Morgan fingerprint density at radius 2 is 1.76 bits per heavy atom. The average Bonchev–Trinajstić information content (AvgIpc) is 3.04. The van der Waals surface area contributed by atoms with Gasteiger partial charge in [-0.05, 0) is 54.4 Å². The normalized spacial score (nSPS) is 11.1. The number of aromatic nitrogens is 2. The Kier molecular flexibility index (Phi) is 5.43. The van der Waals surface area contributed by atoms with Gasteiger partial charge in [0.1, 0.15) is 11.6 Å². The van der Waals surface area contributed by atoms with Crippen LogP contribution in [0.25, 0.3) is 16.9 Å². The van der Waals surface area contributed by atoms with Crippen molar-refractivity contribution in [1.29, 1.82) is 0 Å². The summed E-state index contributed by atoms with van der Waals surface area (Å²) in [4.78, 5) is 4.61. The molecule has 1 aromatic heterocycles. The fourth-order valence-electron chi connectivity index (χ4n) is 2.48. The quantitative estimate of drug-likeness (QED) is 0.551. The molecular formula is C20H21FN2OS. The molecule has 25 heavy (non-hydrogen) atoms. The van der Waals surface area contributed by atoms with Gasteiger partial charge in [0.15, 0.2) is 5.16 Å². The maximum absolute atomic E-state index is 13.3. The van der Waals surface area contributed by atoms with Crippen molar-refractivity contribution in [2.24, 2.45) is 5.92 Å². The number of hydrogen-bond acceptors (Lipinski definition) is 3. The molecule has 2 aromatic carbocycles. The summed E-state index contributed by atoms with van der Waals surface area (Å²) >= 11 is 1.71. The van der Waals surface area contributed by atoms with Crippen LogP contribution in [0.15, 0.2) is 59.9 Å². The molecule has 0 N–H and O–H groups in total. The van der Waals surface area contributed by atoms with Crippen molar-refractivity contribution in [2.75, 3.05) is 12.9 Å². The lowest BCUT2D eigenvalue weighted by atomic mass is 10.1. The summed E-state index contributed by atoms with van der Waals surface area (Å²) in [7, 11) is 1.65. The largest absolute Gasteiger partial charge is 0.497 e. The monoisotopic (exact) mass is 356 g/mol. The number of imidazole rings is 1. The van der Waals surface area contributed by atoms with Crippen LogP contribution in [-0.4, -0.2) is 22.4 Å². The standard InChI is InChI=1S/C20H21FN2OS/c1-14(2)13-25-20-22-12-19(15-4-10-18(24-3)11-5-15)23(20)17-8-6-16(21)7-9-17/h4-12,14H,13H2,1-3H3. The zero-order valence-electron chi connectivity index (χ0n) is 14.6. The van der Waals surface area contributed by atoms with Gasteiger partial charge in [0.05, 0.1) is 19.0 Å². The van der Waals surface area contributed by atoms with E-state index in [9.17, 15) is 4.39 Å². The second-order valence-corrected chi connectivity index (χ2v) is 7.16. The van der Waals surface area contributed by atoms with Crippen molar-refractivity contribution in [3.8, 4) is 22.7 Å². The fraction of sp³-hybridized carbons (Fsp3) is 0.250. The molecule has 1 heterocycles. The topological polar surface area (TPSA) is 27.1 Å². The summed E-state index contributed by atoms with van der Waals surface area (Å²) in [6.07, 6.45) is 1.87. The number of ether oxygens (including phenoxy) is 1. The highest BCUT2D eigenvalue weighted by Gasteiger charge is 2.15. The van der Waals surface area contributed by atoms with Gasteiger partial charge in [-0.3, -0.25) is 4.57 Å². The maximum atomic E-state index is 13.3. The van der Waals surface area contributed by atoms with Crippen LogP contribution in [0.4, 0.5) is 4.39 Å². The number of hydrogen-bond donors (Lipinski definition) is 0. The van der Waals surface area contributed by atoms with E-state index in [-0.39, 0.29) is 5.82 Å². The molecular weight excluding hydrogens is 335 g/mol. The number of nitrogens with zero attached hydrogens (tertiary/aromatic N) is 2. The molecule has 0 saturated carbocycles. The van der Waals surface area contributed by atoms with Gasteiger partial charge in [-0.1, -0.05) is 25.6 Å². The highest BCUT2D eigenvalue weighted by Crippen LogP contribution is 2.31. The van der Waals surface area contributed by atoms with Crippen molar-refractivity contribution < 1.29 is 9.13 Å². The van der Waals surface area contributed by atoms with Crippen molar-refractivity contribution >= 4 is 11.8 Å². The van der Waals surface area contributed by atoms with E-state index in [1.807, 2.05) is 30.5 Å². The lowest BCUT2D eigenvalue weighted by Crippen LogP contribution is -2.01. The van der Waals surface area contributed by atoms with Gasteiger partial charge < -0.3 is 4.74 Å². The van der Waals surface area contributed by atoms with E-state index < -0.39 is 0 Å². The van der Waals surface area contributed by atoms with Crippen molar-refractivity contribution in [1.82, 2.24) is 9.55 Å². The minimum atomic E-state index is -0.244. The first kappa shape index (κ1) is 17.5. The number of halogens is 1. The van der Waals surface area contributed by atoms with Gasteiger partial charge in [0.25, 0.3) is 0 Å². The molecule has 0 saturated heterocycles. The molecule has 0 radical (unpaired) electrons. The second kappa shape index (κ2) is 7.74. The van der Waals surface area contributed by atoms with E-state index >= 15 is 0 Å². The van der Waals surface area contributed by atoms with Crippen LogP contribution in [0.2, 0.25) is 0 Å². The van der Waals surface area contributed by atoms with Crippen LogP contribution in [0.3, 0.4) is 0 Å². The fourth-order valence-corrected chi connectivity index (χ4v) is 3.43. The molecule has 0 amide bonds. The van der Waals surface area contributed by atoms with Crippen LogP contribution in [-0.2, 0) is 0 Å². The predicted molar refractivity (Wildman–Crippen MR) is 101 cm³/mol. The van der Waals surface area contributed by atoms with Crippen LogP contribution in [0, 0.1) is 11.7 Å². The summed E-state index contributed by atoms with van der Waals surface area (Å²) in [6.45, 7) is 4.37. The Bertz CT molecular complexity index is 826. The number of rotatable bonds is 6. The first-order valence-electron chi connectivity index (χ1n) is 8.19. The zero-order chi connectivity index (χ0) is 17.8. The summed E-state index contributed by atoms with van der Waals surface area (Å²) in [5.74, 6) is 2.10. The highest BCUT2D eigenvalue weighted by atomic mass is 32.2. The lowest BCUT2D eigenvalue weighted by Gasteiger charge is -2.13. The number of benzene rings is 2. The molecule has 0 aliphatic heterocycles. The molecule has 0 spiro atoms.